The van der Waals surface area contributed by atoms with Crippen LogP contribution in [0.4, 0.5) is 5.69 Å². The van der Waals surface area contributed by atoms with Crippen molar-refractivity contribution < 1.29 is 19.1 Å². The molecule has 2 amide bonds. The molecule has 1 aliphatic heterocycles. The lowest BCUT2D eigenvalue weighted by Gasteiger charge is -2.24. The van der Waals surface area contributed by atoms with Crippen molar-refractivity contribution in [2.24, 2.45) is 0 Å². The number of ether oxygens (including phenoxy) is 2. The van der Waals surface area contributed by atoms with Crippen LogP contribution in [0.5, 0.6) is 11.5 Å². The Bertz CT molecular complexity index is 976. The second-order valence-electron chi connectivity index (χ2n) is 7.31. The molecule has 1 heterocycles. The van der Waals surface area contributed by atoms with Crippen molar-refractivity contribution >= 4 is 34.8 Å². The molecular weight excluding hydrogens is 426 g/mol. The second-order valence-corrected chi connectivity index (χ2v) is 7.67. The average Bonchev–Trinajstić information content (AvgIpc) is 3.02. The lowest BCUT2D eigenvalue weighted by molar-refractivity contribution is -0.130. The first-order valence-electron chi connectivity index (χ1n) is 10.3. The van der Waals surface area contributed by atoms with Crippen molar-refractivity contribution in [2.45, 2.75) is 18.9 Å². The molecule has 3 rings (SSSR count). The molecular formula is C24H27N3O4S. The maximum absolute atomic E-state index is 13.0. The molecule has 0 radical (unpaired) electrons. The Morgan fingerprint density at radius 1 is 1.09 bits per heavy atom. The minimum absolute atomic E-state index is 0.00125. The van der Waals surface area contributed by atoms with Gasteiger partial charge < -0.3 is 19.7 Å². The summed E-state index contributed by atoms with van der Waals surface area (Å²) < 4.78 is 10.3. The van der Waals surface area contributed by atoms with Gasteiger partial charge >= 0.3 is 0 Å². The standard InChI is InChI=1S/C24H27N3O4S/c1-4-14-27-23(29)21(16-22(28)25-18-7-11-20(31-3)12-8-18)26(24(27)32)15-13-17-5-9-19(30-2)10-6-17/h4-12,21H,1,13-16H2,2-3H3,(H,25,28). The number of carbonyl (C=O) groups excluding carboxylic acids is 2. The van der Waals surface area contributed by atoms with Crippen LogP contribution in [0, 0.1) is 0 Å². The van der Waals surface area contributed by atoms with Crippen LogP contribution in [0.25, 0.3) is 0 Å². The zero-order valence-electron chi connectivity index (χ0n) is 18.2. The zero-order valence-corrected chi connectivity index (χ0v) is 19.1. The van der Waals surface area contributed by atoms with E-state index >= 15 is 0 Å². The second kappa shape index (κ2) is 10.8. The number of thiocarbonyl (C=S) groups is 1. The highest BCUT2D eigenvalue weighted by Crippen LogP contribution is 2.23. The van der Waals surface area contributed by atoms with E-state index in [4.69, 9.17) is 21.7 Å². The largest absolute Gasteiger partial charge is 0.497 e. The summed E-state index contributed by atoms with van der Waals surface area (Å²) in [6.45, 7) is 4.54. The quantitative estimate of drug-likeness (QED) is 0.440. The van der Waals surface area contributed by atoms with Crippen molar-refractivity contribution in [1.82, 2.24) is 9.80 Å². The molecule has 1 fully saturated rings. The Morgan fingerprint density at radius 3 is 2.25 bits per heavy atom. The van der Waals surface area contributed by atoms with E-state index < -0.39 is 6.04 Å². The number of nitrogens with one attached hydrogen (secondary N) is 1. The van der Waals surface area contributed by atoms with Crippen LogP contribution in [-0.4, -0.2) is 60.1 Å². The summed E-state index contributed by atoms with van der Waals surface area (Å²) in [7, 11) is 3.21. The first kappa shape index (κ1) is 23.3. The Balaban J connectivity index is 1.70. The van der Waals surface area contributed by atoms with Crippen LogP contribution in [0.2, 0.25) is 0 Å². The van der Waals surface area contributed by atoms with Gasteiger partial charge in [0.05, 0.1) is 20.6 Å². The molecule has 2 aromatic carbocycles. The fourth-order valence-corrected chi connectivity index (χ4v) is 3.93. The van der Waals surface area contributed by atoms with Gasteiger partial charge in [0.15, 0.2) is 5.11 Å². The van der Waals surface area contributed by atoms with Gasteiger partial charge in [-0.15, -0.1) is 6.58 Å². The third-order valence-electron chi connectivity index (χ3n) is 5.27. The molecule has 1 saturated heterocycles. The molecule has 0 bridgehead atoms. The fourth-order valence-electron chi connectivity index (χ4n) is 3.55. The lowest BCUT2D eigenvalue weighted by atomic mass is 10.1. The normalized spacial score (nSPS) is 15.6. The molecule has 2 aromatic rings. The summed E-state index contributed by atoms with van der Waals surface area (Å²) in [6, 6.07) is 14.1. The van der Waals surface area contributed by atoms with Gasteiger partial charge in [0, 0.05) is 18.8 Å². The third kappa shape index (κ3) is 5.45. The molecule has 1 atom stereocenters. The molecule has 1 N–H and O–H groups in total. The topological polar surface area (TPSA) is 71.1 Å². The van der Waals surface area contributed by atoms with Crippen LogP contribution >= 0.6 is 12.2 Å². The van der Waals surface area contributed by atoms with Crippen molar-refractivity contribution in [1.29, 1.82) is 0 Å². The van der Waals surface area contributed by atoms with Gasteiger partial charge in [-0.25, -0.2) is 0 Å². The molecule has 8 heteroatoms. The predicted octanol–water partition coefficient (Wildman–Crippen LogP) is 3.26. The molecule has 1 unspecified atom stereocenters. The van der Waals surface area contributed by atoms with E-state index in [0.717, 1.165) is 11.3 Å². The van der Waals surface area contributed by atoms with Crippen LogP contribution in [0.15, 0.2) is 61.2 Å². The zero-order chi connectivity index (χ0) is 23.1. The van der Waals surface area contributed by atoms with Gasteiger partial charge in [0.1, 0.15) is 17.5 Å². The lowest BCUT2D eigenvalue weighted by Crippen LogP contribution is -2.39. The van der Waals surface area contributed by atoms with Crippen molar-refractivity contribution in [3.8, 4) is 11.5 Å². The van der Waals surface area contributed by atoms with E-state index in [1.54, 1.807) is 44.6 Å². The molecule has 0 saturated carbocycles. The number of rotatable bonds is 10. The molecule has 1 aliphatic rings. The maximum atomic E-state index is 13.0. The van der Waals surface area contributed by atoms with E-state index in [0.29, 0.717) is 36.1 Å². The number of anilines is 1. The smallest absolute Gasteiger partial charge is 0.252 e. The summed E-state index contributed by atoms with van der Waals surface area (Å²) in [5.74, 6) is 1.04. The Kier molecular flexibility index (Phi) is 7.83. The minimum Gasteiger partial charge on any atom is -0.497 e. The summed E-state index contributed by atoms with van der Waals surface area (Å²) in [6.07, 6.45) is 2.31. The Morgan fingerprint density at radius 2 is 1.69 bits per heavy atom. The Hall–Kier alpha value is -3.39. The summed E-state index contributed by atoms with van der Waals surface area (Å²) in [5.41, 5.74) is 1.72. The van der Waals surface area contributed by atoms with E-state index in [1.165, 1.54) is 4.90 Å². The average molecular weight is 454 g/mol. The predicted molar refractivity (Wildman–Crippen MR) is 128 cm³/mol. The van der Waals surface area contributed by atoms with E-state index in [-0.39, 0.29) is 18.2 Å². The van der Waals surface area contributed by atoms with Crippen LogP contribution in [0.3, 0.4) is 0 Å². The van der Waals surface area contributed by atoms with E-state index in [9.17, 15) is 9.59 Å². The summed E-state index contributed by atoms with van der Waals surface area (Å²) in [5, 5.41) is 3.26. The van der Waals surface area contributed by atoms with Gasteiger partial charge in [-0.3, -0.25) is 14.5 Å². The van der Waals surface area contributed by atoms with Gasteiger partial charge in [-0.05, 0) is 60.6 Å². The van der Waals surface area contributed by atoms with Gasteiger partial charge in [-0.2, -0.15) is 0 Å². The fraction of sp³-hybridized carbons (Fsp3) is 0.292. The van der Waals surface area contributed by atoms with Gasteiger partial charge in [0.25, 0.3) is 5.91 Å². The third-order valence-corrected chi connectivity index (χ3v) is 5.72. The van der Waals surface area contributed by atoms with Crippen LogP contribution < -0.4 is 14.8 Å². The van der Waals surface area contributed by atoms with E-state index in [2.05, 4.69) is 11.9 Å². The molecule has 0 aromatic heterocycles. The minimum atomic E-state index is -0.654. The van der Waals surface area contributed by atoms with Crippen molar-refractivity contribution in [3.05, 3.63) is 66.7 Å². The highest BCUT2D eigenvalue weighted by molar-refractivity contribution is 7.80. The molecule has 168 valence electrons. The highest BCUT2D eigenvalue weighted by atomic mass is 32.1. The van der Waals surface area contributed by atoms with E-state index in [1.807, 2.05) is 29.2 Å². The molecule has 0 spiro atoms. The number of hydrogen-bond acceptors (Lipinski definition) is 5. The van der Waals surface area contributed by atoms with Crippen molar-refractivity contribution in [2.75, 3.05) is 32.6 Å². The first-order valence-corrected chi connectivity index (χ1v) is 10.7. The number of methoxy groups -OCH3 is 2. The van der Waals surface area contributed by atoms with Crippen LogP contribution in [0.1, 0.15) is 12.0 Å². The SMILES string of the molecule is C=CCN1C(=O)C(CC(=O)Nc2ccc(OC)cc2)N(CCc2ccc(OC)cc2)C1=S. The number of hydrogen-bond donors (Lipinski definition) is 1. The molecule has 0 aliphatic carbocycles. The summed E-state index contributed by atoms with van der Waals surface area (Å²) >= 11 is 5.56. The number of amides is 2. The Labute approximate surface area is 193 Å². The molecule has 32 heavy (non-hydrogen) atoms. The number of nitrogens with zero attached hydrogens (tertiary/aromatic N) is 2. The van der Waals surface area contributed by atoms with Gasteiger partial charge in [0.2, 0.25) is 5.91 Å². The highest BCUT2D eigenvalue weighted by Gasteiger charge is 2.42. The maximum Gasteiger partial charge on any atom is 0.252 e. The number of carbonyl (C=O) groups is 2. The number of benzene rings is 2. The molecule has 7 nitrogen and oxygen atoms in total. The summed E-state index contributed by atoms with van der Waals surface area (Å²) in [4.78, 5) is 29.1. The van der Waals surface area contributed by atoms with Crippen LogP contribution in [-0.2, 0) is 16.0 Å². The van der Waals surface area contributed by atoms with Gasteiger partial charge in [-0.1, -0.05) is 18.2 Å². The monoisotopic (exact) mass is 453 g/mol. The van der Waals surface area contributed by atoms with Crippen molar-refractivity contribution in [3.63, 3.8) is 0 Å². The first-order chi connectivity index (χ1) is 15.5.